The van der Waals surface area contributed by atoms with Gasteiger partial charge in [-0.05, 0) is 61.7 Å². The fourth-order valence-electron chi connectivity index (χ4n) is 3.27. The van der Waals surface area contributed by atoms with Crippen molar-refractivity contribution in [2.45, 2.75) is 46.5 Å². The summed E-state index contributed by atoms with van der Waals surface area (Å²) in [7, 11) is 0. The van der Waals surface area contributed by atoms with Gasteiger partial charge in [0.25, 0.3) is 5.91 Å². The predicted octanol–water partition coefficient (Wildman–Crippen LogP) is 4.74. The van der Waals surface area contributed by atoms with Crippen LogP contribution in [0.3, 0.4) is 0 Å². The number of carbonyl (C=O) groups is 3. The van der Waals surface area contributed by atoms with Crippen LogP contribution < -0.4 is 16.0 Å². The van der Waals surface area contributed by atoms with Crippen LogP contribution in [0.1, 0.15) is 56.8 Å². The van der Waals surface area contributed by atoms with Crippen molar-refractivity contribution in [3.8, 4) is 0 Å². The highest BCUT2D eigenvalue weighted by atomic mass is 16.2. The maximum atomic E-state index is 12.8. The van der Waals surface area contributed by atoms with E-state index in [-0.39, 0.29) is 24.3 Å². The molecule has 172 valence electrons. The lowest BCUT2D eigenvalue weighted by Crippen LogP contribution is -2.32. The molecule has 0 atom stereocenters. The van der Waals surface area contributed by atoms with Crippen LogP contribution in [-0.4, -0.2) is 42.3 Å². The Morgan fingerprint density at radius 2 is 1.34 bits per heavy atom. The Morgan fingerprint density at radius 1 is 0.750 bits per heavy atom. The first kappa shape index (κ1) is 24.9. The zero-order valence-electron chi connectivity index (χ0n) is 19.2. The number of nitrogens with one attached hydrogen (secondary N) is 3. The monoisotopic (exact) mass is 438 g/mol. The second-order valence-electron chi connectivity index (χ2n) is 7.65. The molecule has 0 spiro atoms. The number of anilines is 3. The molecule has 2 rings (SSSR count). The van der Waals surface area contributed by atoms with Crippen LogP contribution in [0.25, 0.3) is 0 Å². The van der Waals surface area contributed by atoms with Gasteiger partial charge in [-0.25, -0.2) is 0 Å². The van der Waals surface area contributed by atoms with Gasteiger partial charge in [-0.1, -0.05) is 26.8 Å². The van der Waals surface area contributed by atoms with Crippen LogP contribution in [-0.2, 0) is 9.59 Å². The van der Waals surface area contributed by atoms with Crippen molar-refractivity contribution in [2.75, 3.05) is 35.6 Å². The summed E-state index contributed by atoms with van der Waals surface area (Å²) in [5.41, 5.74) is 2.66. The van der Waals surface area contributed by atoms with E-state index in [2.05, 4.69) is 29.8 Å². The number of rotatable bonds is 12. The van der Waals surface area contributed by atoms with Crippen LogP contribution in [0, 0.1) is 0 Å². The molecule has 0 aliphatic heterocycles. The number of carbonyl (C=O) groups excluding carboxylic acids is 3. The second-order valence-corrected chi connectivity index (χ2v) is 7.65. The normalized spacial score (nSPS) is 10.3. The van der Waals surface area contributed by atoms with Crippen LogP contribution >= 0.6 is 0 Å². The van der Waals surface area contributed by atoms with E-state index in [1.54, 1.807) is 36.4 Å². The molecule has 7 nitrogen and oxygen atoms in total. The molecule has 0 bridgehead atoms. The Labute approximate surface area is 190 Å². The Balaban J connectivity index is 1.89. The molecule has 0 aliphatic rings. The van der Waals surface area contributed by atoms with Crippen molar-refractivity contribution in [3.05, 3.63) is 54.1 Å². The zero-order chi connectivity index (χ0) is 23.3. The summed E-state index contributed by atoms with van der Waals surface area (Å²) in [6, 6.07) is 14.2. The predicted molar refractivity (Wildman–Crippen MR) is 130 cm³/mol. The quantitative estimate of drug-likeness (QED) is 0.446. The summed E-state index contributed by atoms with van der Waals surface area (Å²) in [6.45, 7) is 7.60. The lowest BCUT2D eigenvalue weighted by Gasteiger charge is -2.21. The second kappa shape index (κ2) is 13.1. The molecule has 2 aromatic rings. The lowest BCUT2D eigenvalue weighted by molar-refractivity contribution is -0.116. The maximum absolute atomic E-state index is 12.8. The topological polar surface area (TPSA) is 90.5 Å². The third-order valence-electron chi connectivity index (χ3n) is 4.77. The zero-order valence-corrected chi connectivity index (χ0v) is 19.2. The fourth-order valence-corrected chi connectivity index (χ4v) is 3.27. The maximum Gasteiger partial charge on any atom is 0.253 e. The largest absolute Gasteiger partial charge is 0.376 e. The van der Waals surface area contributed by atoms with Gasteiger partial charge in [0.1, 0.15) is 0 Å². The van der Waals surface area contributed by atoms with Crippen LogP contribution in [0.2, 0.25) is 0 Å². The molecule has 32 heavy (non-hydrogen) atoms. The van der Waals surface area contributed by atoms with Crippen molar-refractivity contribution in [3.63, 3.8) is 0 Å². The van der Waals surface area contributed by atoms with Crippen molar-refractivity contribution in [1.82, 2.24) is 4.90 Å². The summed E-state index contributed by atoms with van der Waals surface area (Å²) in [6.07, 6.45) is 3.10. The molecule has 7 heteroatoms. The molecule has 0 heterocycles. The Kier molecular flexibility index (Phi) is 10.2. The van der Waals surface area contributed by atoms with Gasteiger partial charge in [0.15, 0.2) is 0 Å². The summed E-state index contributed by atoms with van der Waals surface area (Å²) < 4.78 is 0. The van der Waals surface area contributed by atoms with E-state index in [0.29, 0.717) is 29.0 Å². The van der Waals surface area contributed by atoms with E-state index in [4.69, 9.17) is 0 Å². The molecular weight excluding hydrogens is 404 g/mol. The highest BCUT2D eigenvalue weighted by Gasteiger charge is 2.14. The van der Waals surface area contributed by atoms with Gasteiger partial charge in [0, 0.05) is 42.1 Å². The summed E-state index contributed by atoms with van der Waals surface area (Å²) >= 11 is 0. The smallest absolute Gasteiger partial charge is 0.253 e. The van der Waals surface area contributed by atoms with Gasteiger partial charge in [-0.3, -0.25) is 14.4 Å². The third kappa shape index (κ3) is 8.06. The molecule has 0 unspecified atom stereocenters. The first-order valence-electron chi connectivity index (χ1n) is 11.3. The first-order chi connectivity index (χ1) is 15.5. The molecule has 0 radical (unpaired) electrons. The average Bonchev–Trinajstić information content (AvgIpc) is 2.79. The highest BCUT2D eigenvalue weighted by Crippen LogP contribution is 2.15. The molecule has 3 N–H and O–H groups in total. The lowest BCUT2D eigenvalue weighted by atomic mass is 10.1. The van der Waals surface area contributed by atoms with Crippen LogP contribution in [0.15, 0.2) is 48.5 Å². The Bertz CT molecular complexity index is 890. The minimum absolute atomic E-state index is 0.00733. The van der Waals surface area contributed by atoms with Gasteiger partial charge in [-0.2, -0.15) is 0 Å². The van der Waals surface area contributed by atoms with E-state index >= 15 is 0 Å². The van der Waals surface area contributed by atoms with Crippen molar-refractivity contribution < 1.29 is 14.4 Å². The first-order valence-corrected chi connectivity index (χ1v) is 11.3. The number of hydrogen-bond donors (Lipinski definition) is 3. The molecular formula is C25H34N4O3. The minimum Gasteiger partial charge on any atom is -0.376 e. The van der Waals surface area contributed by atoms with Gasteiger partial charge in [0.2, 0.25) is 11.8 Å². The van der Waals surface area contributed by atoms with Gasteiger partial charge in [0.05, 0.1) is 6.54 Å². The number of nitrogens with zero attached hydrogens (tertiary/aromatic N) is 1. The molecule has 0 aliphatic carbocycles. The third-order valence-corrected chi connectivity index (χ3v) is 4.77. The standard InChI is InChI=1S/C25H34N4O3/c1-4-8-23(30)27-20-11-13-21(14-12-20)28-24(31)18-26-22-10-7-9-19(17-22)25(32)29(15-5-2)16-6-3/h7,9-14,17,26H,4-6,8,15-16,18H2,1-3H3,(H,27,30)(H,28,31). The molecule has 0 saturated carbocycles. The highest BCUT2D eigenvalue weighted by molar-refractivity contribution is 5.96. The summed E-state index contributed by atoms with van der Waals surface area (Å²) in [5.74, 6) is -0.224. The molecule has 3 amide bonds. The van der Waals surface area contributed by atoms with E-state index in [1.165, 1.54) is 0 Å². The Hall–Kier alpha value is -3.35. The van der Waals surface area contributed by atoms with Crippen LogP contribution in [0.5, 0.6) is 0 Å². The Morgan fingerprint density at radius 3 is 1.91 bits per heavy atom. The average molecular weight is 439 g/mol. The van der Waals surface area contributed by atoms with E-state index in [1.807, 2.05) is 24.0 Å². The number of hydrogen-bond acceptors (Lipinski definition) is 4. The molecule has 0 fully saturated rings. The van der Waals surface area contributed by atoms with Gasteiger partial charge in [-0.15, -0.1) is 0 Å². The summed E-state index contributed by atoms with van der Waals surface area (Å²) in [5, 5.41) is 8.71. The summed E-state index contributed by atoms with van der Waals surface area (Å²) in [4.78, 5) is 38.6. The van der Waals surface area contributed by atoms with Crippen LogP contribution in [0.4, 0.5) is 17.1 Å². The fraction of sp³-hybridized carbons (Fsp3) is 0.400. The van der Waals surface area contributed by atoms with Gasteiger partial charge < -0.3 is 20.9 Å². The number of amides is 3. The van der Waals surface area contributed by atoms with E-state index < -0.39 is 0 Å². The SMILES string of the molecule is CCCC(=O)Nc1ccc(NC(=O)CNc2cccc(C(=O)N(CCC)CCC)c2)cc1. The number of benzene rings is 2. The van der Waals surface area contributed by atoms with Crippen molar-refractivity contribution in [1.29, 1.82) is 0 Å². The van der Waals surface area contributed by atoms with E-state index in [9.17, 15) is 14.4 Å². The minimum atomic E-state index is -0.205. The van der Waals surface area contributed by atoms with Gasteiger partial charge >= 0.3 is 0 Å². The van der Waals surface area contributed by atoms with Crippen molar-refractivity contribution in [2.24, 2.45) is 0 Å². The van der Waals surface area contributed by atoms with Crippen molar-refractivity contribution >= 4 is 34.8 Å². The molecule has 2 aromatic carbocycles. The van der Waals surface area contributed by atoms with E-state index in [0.717, 1.165) is 32.4 Å². The molecule has 0 aromatic heterocycles. The molecule has 0 saturated heterocycles.